The van der Waals surface area contributed by atoms with Crippen LogP contribution in [-0.4, -0.2) is 10.1 Å². The number of phenolic OH excluding ortho intramolecular Hbond substituents is 1. The first-order valence-corrected chi connectivity index (χ1v) is 4.64. The first-order chi connectivity index (χ1) is 6.29. The molecule has 2 rings (SSSR count). The second kappa shape index (κ2) is 3.06. The zero-order valence-corrected chi connectivity index (χ0v) is 7.58. The van der Waals surface area contributed by atoms with E-state index in [1.54, 1.807) is 24.4 Å². The second-order valence-corrected chi connectivity index (χ2v) is 3.47. The third-order valence-corrected chi connectivity index (χ3v) is 2.51. The molecule has 3 nitrogen and oxygen atoms in total. The molecule has 0 radical (unpaired) electrons. The molecule has 0 spiro atoms. The van der Waals surface area contributed by atoms with Crippen molar-refractivity contribution in [2.45, 2.75) is 0 Å². The molecule has 66 valence electrons. The number of nitrogen functional groups attached to an aromatic ring is 1. The minimum atomic E-state index is 0.176. The van der Waals surface area contributed by atoms with Crippen molar-refractivity contribution in [3.05, 3.63) is 29.8 Å². The van der Waals surface area contributed by atoms with E-state index in [2.05, 4.69) is 4.98 Å². The molecular formula is C9H8N2OS. The van der Waals surface area contributed by atoms with Gasteiger partial charge >= 0.3 is 0 Å². The van der Waals surface area contributed by atoms with E-state index in [1.807, 2.05) is 5.38 Å². The average molecular weight is 192 g/mol. The van der Waals surface area contributed by atoms with Crippen molar-refractivity contribution in [3.8, 4) is 16.3 Å². The Labute approximate surface area is 79.5 Å². The Hall–Kier alpha value is -1.55. The van der Waals surface area contributed by atoms with Crippen molar-refractivity contribution in [1.82, 2.24) is 4.98 Å². The number of aromatic nitrogens is 1. The van der Waals surface area contributed by atoms with Gasteiger partial charge < -0.3 is 10.8 Å². The highest BCUT2D eigenvalue weighted by Gasteiger charge is 2.09. The quantitative estimate of drug-likeness (QED) is 0.680. The van der Waals surface area contributed by atoms with E-state index in [9.17, 15) is 5.11 Å². The SMILES string of the molecule is Nc1cccc(O)c1-c1nccs1. The standard InChI is InChI=1S/C9H8N2OS/c10-6-2-1-3-7(12)8(6)9-11-4-5-13-9/h1-5,12H,10H2. The molecule has 0 saturated heterocycles. The molecule has 0 aliphatic carbocycles. The molecule has 0 aliphatic rings. The molecule has 0 saturated carbocycles. The summed E-state index contributed by atoms with van der Waals surface area (Å²) < 4.78 is 0. The molecule has 1 aromatic carbocycles. The van der Waals surface area contributed by atoms with Crippen molar-refractivity contribution < 1.29 is 5.11 Å². The number of phenols is 1. The smallest absolute Gasteiger partial charge is 0.129 e. The van der Waals surface area contributed by atoms with Gasteiger partial charge in [-0.3, -0.25) is 0 Å². The normalized spacial score (nSPS) is 10.2. The molecular weight excluding hydrogens is 184 g/mol. The minimum absolute atomic E-state index is 0.176. The van der Waals surface area contributed by atoms with E-state index in [0.717, 1.165) is 5.01 Å². The van der Waals surface area contributed by atoms with Crippen molar-refractivity contribution in [1.29, 1.82) is 0 Å². The summed E-state index contributed by atoms with van der Waals surface area (Å²) in [5.41, 5.74) is 6.89. The van der Waals surface area contributed by atoms with Crippen LogP contribution >= 0.6 is 11.3 Å². The van der Waals surface area contributed by atoms with Gasteiger partial charge in [0.15, 0.2) is 0 Å². The van der Waals surface area contributed by atoms with Gasteiger partial charge in [-0.15, -0.1) is 11.3 Å². The number of hydrogen-bond acceptors (Lipinski definition) is 4. The van der Waals surface area contributed by atoms with E-state index in [1.165, 1.54) is 11.3 Å². The summed E-state index contributed by atoms with van der Waals surface area (Å²) in [6, 6.07) is 5.06. The number of nitrogens with zero attached hydrogens (tertiary/aromatic N) is 1. The van der Waals surface area contributed by atoms with E-state index in [-0.39, 0.29) is 5.75 Å². The first kappa shape index (κ1) is 8.07. The summed E-state index contributed by atoms with van der Waals surface area (Å²) in [5, 5.41) is 12.1. The molecule has 0 amide bonds. The van der Waals surface area contributed by atoms with Crippen molar-refractivity contribution in [3.63, 3.8) is 0 Å². The summed E-state index contributed by atoms with van der Waals surface area (Å²) in [7, 11) is 0. The largest absolute Gasteiger partial charge is 0.507 e. The van der Waals surface area contributed by atoms with Gasteiger partial charge in [0.25, 0.3) is 0 Å². The van der Waals surface area contributed by atoms with Gasteiger partial charge in [-0.1, -0.05) is 6.07 Å². The fourth-order valence-electron chi connectivity index (χ4n) is 1.14. The van der Waals surface area contributed by atoms with Gasteiger partial charge in [0.2, 0.25) is 0 Å². The monoisotopic (exact) mass is 192 g/mol. The highest BCUT2D eigenvalue weighted by atomic mass is 32.1. The van der Waals surface area contributed by atoms with Gasteiger partial charge in [-0.2, -0.15) is 0 Å². The minimum Gasteiger partial charge on any atom is -0.507 e. The molecule has 13 heavy (non-hydrogen) atoms. The number of anilines is 1. The lowest BCUT2D eigenvalue weighted by Crippen LogP contribution is -1.89. The molecule has 0 fully saturated rings. The summed E-state index contributed by atoms with van der Waals surface area (Å²) in [6.45, 7) is 0. The number of benzene rings is 1. The third-order valence-electron chi connectivity index (χ3n) is 1.72. The summed E-state index contributed by atoms with van der Waals surface area (Å²) in [4.78, 5) is 4.09. The highest BCUT2D eigenvalue weighted by Crippen LogP contribution is 2.35. The van der Waals surface area contributed by atoms with Crippen LogP contribution in [0, 0.1) is 0 Å². The van der Waals surface area contributed by atoms with Gasteiger partial charge in [0, 0.05) is 17.3 Å². The maximum atomic E-state index is 9.55. The van der Waals surface area contributed by atoms with Crippen LogP contribution in [0.3, 0.4) is 0 Å². The van der Waals surface area contributed by atoms with E-state index < -0.39 is 0 Å². The number of nitrogens with two attached hydrogens (primary N) is 1. The zero-order chi connectivity index (χ0) is 9.26. The molecule has 1 heterocycles. The van der Waals surface area contributed by atoms with Crippen LogP contribution in [0.1, 0.15) is 0 Å². The zero-order valence-electron chi connectivity index (χ0n) is 6.77. The molecule has 2 aromatic rings. The van der Waals surface area contributed by atoms with E-state index in [0.29, 0.717) is 11.3 Å². The summed E-state index contributed by atoms with van der Waals surface area (Å²) in [5.74, 6) is 0.176. The Kier molecular flexibility index (Phi) is 1.90. The predicted molar refractivity (Wildman–Crippen MR) is 53.6 cm³/mol. The number of rotatable bonds is 1. The van der Waals surface area contributed by atoms with Gasteiger partial charge in [-0.25, -0.2) is 4.98 Å². The first-order valence-electron chi connectivity index (χ1n) is 3.76. The number of hydrogen-bond donors (Lipinski definition) is 2. The fraction of sp³-hybridized carbons (Fsp3) is 0. The lowest BCUT2D eigenvalue weighted by Gasteiger charge is -2.03. The molecule has 1 aromatic heterocycles. The second-order valence-electron chi connectivity index (χ2n) is 2.58. The van der Waals surface area contributed by atoms with Crippen molar-refractivity contribution in [2.24, 2.45) is 0 Å². The molecule has 0 atom stereocenters. The molecule has 3 N–H and O–H groups in total. The van der Waals surface area contributed by atoms with Crippen molar-refractivity contribution in [2.75, 3.05) is 5.73 Å². The number of thiazole rings is 1. The van der Waals surface area contributed by atoms with E-state index >= 15 is 0 Å². The predicted octanol–water partition coefficient (Wildman–Crippen LogP) is 2.10. The van der Waals surface area contributed by atoms with Gasteiger partial charge in [0.1, 0.15) is 10.8 Å². The Morgan fingerprint density at radius 1 is 1.38 bits per heavy atom. The number of aromatic hydroxyl groups is 1. The Balaban J connectivity index is 2.64. The van der Waals surface area contributed by atoms with Crippen LogP contribution < -0.4 is 5.73 Å². The van der Waals surface area contributed by atoms with Gasteiger partial charge in [0.05, 0.1) is 5.56 Å². The van der Waals surface area contributed by atoms with Crippen LogP contribution in [-0.2, 0) is 0 Å². The molecule has 0 bridgehead atoms. The topological polar surface area (TPSA) is 59.1 Å². The third kappa shape index (κ3) is 1.36. The highest BCUT2D eigenvalue weighted by molar-refractivity contribution is 7.13. The molecule has 4 heteroatoms. The van der Waals surface area contributed by atoms with Crippen LogP contribution in [0.5, 0.6) is 5.75 Å². The lowest BCUT2D eigenvalue weighted by atomic mass is 10.1. The van der Waals surface area contributed by atoms with Crippen LogP contribution in [0.25, 0.3) is 10.6 Å². The van der Waals surface area contributed by atoms with Crippen LogP contribution in [0.15, 0.2) is 29.8 Å². The maximum absolute atomic E-state index is 9.55. The Morgan fingerprint density at radius 2 is 2.23 bits per heavy atom. The maximum Gasteiger partial charge on any atom is 0.129 e. The van der Waals surface area contributed by atoms with Crippen LogP contribution in [0.4, 0.5) is 5.69 Å². The Bertz CT molecular complexity index is 391. The molecule has 0 unspecified atom stereocenters. The summed E-state index contributed by atoms with van der Waals surface area (Å²) >= 11 is 1.45. The molecule has 0 aliphatic heterocycles. The average Bonchev–Trinajstić information content (AvgIpc) is 2.57. The van der Waals surface area contributed by atoms with Gasteiger partial charge in [-0.05, 0) is 12.1 Å². The fourth-order valence-corrected chi connectivity index (χ4v) is 1.85. The van der Waals surface area contributed by atoms with E-state index in [4.69, 9.17) is 5.73 Å². The summed E-state index contributed by atoms with van der Waals surface area (Å²) in [6.07, 6.45) is 1.69. The Morgan fingerprint density at radius 3 is 2.85 bits per heavy atom. The lowest BCUT2D eigenvalue weighted by molar-refractivity contribution is 0.477. The van der Waals surface area contributed by atoms with Crippen LogP contribution in [0.2, 0.25) is 0 Å². The van der Waals surface area contributed by atoms with Crippen molar-refractivity contribution >= 4 is 17.0 Å².